The fourth-order valence-electron chi connectivity index (χ4n) is 2.41. The molecule has 0 aliphatic carbocycles. The number of carbonyl (C=O) groups is 1. The van der Waals surface area contributed by atoms with E-state index in [1.54, 1.807) is 24.3 Å². The predicted molar refractivity (Wildman–Crippen MR) is 99.5 cm³/mol. The second-order valence-corrected chi connectivity index (χ2v) is 5.57. The molecule has 124 valence electrons. The first-order valence-corrected chi connectivity index (χ1v) is 7.99. The molecule has 3 aromatic carbocycles. The van der Waals surface area contributed by atoms with E-state index < -0.39 is 5.97 Å². The van der Waals surface area contributed by atoms with E-state index in [4.69, 9.17) is 9.84 Å². The average molecular weight is 330 g/mol. The number of benzene rings is 3. The van der Waals surface area contributed by atoms with Gasteiger partial charge in [0.2, 0.25) is 0 Å². The van der Waals surface area contributed by atoms with Crippen molar-refractivity contribution in [2.45, 2.75) is 6.61 Å². The van der Waals surface area contributed by atoms with Gasteiger partial charge in [-0.1, -0.05) is 72.8 Å². The molecule has 0 aliphatic heterocycles. The minimum Gasteiger partial charge on any atom is -0.488 e. The van der Waals surface area contributed by atoms with Crippen LogP contribution in [0.5, 0.6) is 5.75 Å². The highest BCUT2D eigenvalue weighted by atomic mass is 16.5. The fourth-order valence-corrected chi connectivity index (χ4v) is 2.41. The number of hydrogen-bond donors (Lipinski definition) is 1. The third kappa shape index (κ3) is 4.58. The molecule has 1 N–H and O–H groups in total. The average Bonchev–Trinajstić information content (AvgIpc) is 2.66. The Kier molecular flexibility index (Phi) is 5.27. The summed E-state index contributed by atoms with van der Waals surface area (Å²) in [5.74, 6) is -0.111. The molecular weight excluding hydrogens is 312 g/mol. The van der Waals surface area contributed by atoms with Gasteiger partial charge in [0.05, 0.1) is 5.56 Å². The molecular formula is C22H18O3. The molecule has 0 atom stereocenters. The maximum Gasteiger partial charge on any atom is 0.335 e. The SMILES string of the molecule is O=C(O)c1ccc(/C=C/c2ccccc2OCc2ccccc2)cc1. The zero-order chi connectivity index (χ0) is 17.5. The van der Waals surface area contributed by atoms with E-state index >= 15 is 0 Å². The van der Waals surface area contributed by atoms with Crippen molar-refractivity contribution in [2.24, 2.45) is 0 Å². The van der Waals surface area contributed by atoms with Crippen molar-refractivity contribution in [1.29, 1.82) is 0 Å². The van der Waals surface area contributed by atoms with Gasteiger partial charge in [-0.15, -0.1) is 0 Å². The Hall–Kier alpha value is -3.33. The number of para-hydroxylation sites is 1. The summed E-state index contributed by atoms with van der Waals surface area (Å²) in [7, 11) is 0. The first kappa shape index (κ1) is 16.5. The van der Waals surface area contributed by atoms with Crippen LogP contribution in [0.3, 0.4) is 0 Å². The molecule has 0 heterocycles. The zero-order valence-electron chi connectivity index (χ0n) is 13.6. The lowest BCUT2D eigenvalue weighted by Crippen LogP contribution is -1.96. The van der Waals surface area contributed by atoms with E-state index in [9.17, 15) is 4.79 Å². The van der Waals surface area contributed by atoms with Crippen LogP contribution in [0.4, 0.5) is 0 Å². The van der Waals surface area contributed by atoms with Crippen LogP contribution in [-0.2, 0) is 6.61 Å². The molecule has 0 aromatic heterocycles. The molecule has 0 spiro atoms. The monoisotopic (exact) mass is 330 g/mol. The van der Waals surface area contributed by atoms with Crippen molar-refractivity contribution >= 4 is 18.1 Å². The van der Waals surface area contributed by atoms with Crippen LogP contribution in [0.25, 0.3) is 12.2 Å². The van der Waals surface area contributed by atoms with Crippen molar-refractivity contribution in [3.05, 3.63) is 101 Å². The third-order valence-electron chi connectivity index (χ3n) is 3.77. The molecule has 3 heteroatoms. The van der Waals surface area contributed by atoms with Gasteiger partial charge in [0.15, 0.2) is 0 Å². The summed E-state index contributed by atoms with van der Waals surface area (Å²) in [6.45, 7) is 0.513. The Morgan fingerprint density at radius 1 is 0.840 bits per heavy atom. The quantitative estimate of drug-likeness (QED) is 0.637. The Bertz CT molecular complexity index is 865. The van der Waals surface area contributed by atoms with Gasteiger partial charge < -0.3 is 9.84 Å². The van der Waals surface area contributed by atoms with Crippen LogP contribution in [0, 0.1) is 0 Å². The number of aromatic carboxylic acids is 1. The summed E-state index contributed by atoms with van der Waals surface area (Å²) in [5, 5.41) is 8.94. The van der Waals surface area contributed by atoms with E-state index in [2.05, 4.69) is 0 Å². The molecule has 0 saturated heterocycles. The lowest BCUT2D eigenvalue weighted by Gasteiger charge is -2.09. The van der Waals surface area contributed by atoms with Crippen molar-refractivity contribution in [3.8, 4) is 5.75 Å². The molecule has 0 fully saturated rings. The maximum absolute atomic E-state index is 10.9. The van der Waals surface area contributed by atoms with Gasteiger partial charge >= 0.3 is 5.97 Å². The topological polar surface area (TPSA) is 46.5 Å². The van der Waals surface area contributed by atoms with Crippen LogP contribution >= 0.6 is 0 Å². The molecule has 3 aromatic rings. The molecule has 0 bridgehead atoms. The lowest BCUT2D eigenvalue weighted by atomic mass is 10.1. The summed E-state index contributed by atoms with van der Waals surface area (Å²) >= 11 is 0. The van der Waals surface area contributed by atoms with Crippen LogP contribution in [-0.4, -0.2) is 11.1 Å². The first-order valence-electron chi connectivity index (χ1n) is 7.99. The highest BCUT2D eigenvalue weighted by Gasteiger charge is 2.02. The van der Waals surface area contributed by atoms with Gasteiger partial charge in [0.25, 0.3) is 0 Å². The first-order chi connectivity index (χ1) is 12.2. The lowest BCUT2D eigenvalue weighted by molar-refractivity contribution is 0.0697. The number of carboxylic acid groups (broad SMARTS) is 1. The number of hydrogen-bond acceptors (Lipinski definition) is 2. The third-order valence-corrected chi connectivity index (χ3v) is 3.77. The van der Waals surface area contributed by atoms with Gasteiger partial charge in [-0.25, -0.2) is 4.79 Å². The smallest absolute Gasteiger partial charge is 0.335 e. The van der Waals surface area contributed by atoms with Crippen molar-refractivity contribution in [2.75, 3.05) is 0 Å². The van der Waals surface area contributed by atoms with Gasteiger partial charge in [0.1, 0.15) is 12.4 Å². The van der Waals surface area contributed by atoms with Crippen LogP contribution in [0.15, 0.2) is 78.9 Å². The molecule has 0 amide bonds. The van der Waals surface area contributed by atoms with Crippen LogP contribution in [0.1, 0.15) is 27.0 Å². The summed E-state index contributed by atoms with van der Waals surface area (Å²) in [6.07, 6.45) is 3.91. The Labute approximate surface area is 146 Å². The maximum atomic E-state index is 10.9. The normalized spacial score (nSPS) is 10.7. The highest BCUT2D eigenvalue weighted by molar-refractivity contribution is 5.88. The number of ether oxygens (including phenoxy) is 1. The summed E-state index contributed by atoms with van der Waals surface area (Å²) in [6, 6.07) is 24.6. The molecule has 0 radical (unpaired) electrons. The van der Waals surface area contributed by atoms with E-state index in [1.165, 1.54) is 0 Å². The summed E-state index contributed by atoms with van der Waals surface area (Å²) in [5.41, 5.74) is 3.30. The van der Waals surface area contributed by atoms with Gasteiger partial charge in [-0.05, 0) is 29.3 Å². The van der Waals surface area contributed by atoms with Crippen molar-refractivity contribution in [1.82, 2.24) is 0 Å². The summed E-state index contributed by atoms with van der Waals surface area (Å²) in [4.78, 5) is 10.9. The second-order valence-electron chi connectivity index (χ2n) is 5.57. The van der Waals surface area contributed by atoms with Crippen molar-refractivity contribution in [3.63, 3.8) is 0 Å². The molecule has 0 saturated carbocycles. The minimum atomic E-state index is -0.921. The van der Waals surface area contributed by atoms with Gasteiger partial charge in [-0.2, -0.15) is 0 Å². The van der Waals surface area contributed by atoms with Crippen LogP contribution < -0.4 is 4.74 Å². The van der Waals surface area contributed by atoms with Crippen molar-refractivity contribution < 1.29 is 14.6 Å². The van der Waals surface area contributed by atoms with E-state index in [1.807, 2.05) is 66.7 Å². The summed E-state index contributed by atoms with van der Waals surface area (Å²) < 4.78 is 5.93. The standard InChI is InChI=1S/C22H18O3/c23-22(24)20-14-11-17(12-15-20)10-13-19-8-4-5-9-21(19)25-16-18-6-2-1-3-7-18/h1-15H,16H2,(H,23,24)/b13-10+. The Morgan fingerprint density at radius 3 is 2.24 bits per heavy atom. The van der Waals surface area contributed by atoms with E-state index in [0.29, 0.717) is 6.61 Å². The Morgan fingerprint density at radius 2 is 1.52 bits per heavy atom. The predicted octanol–water partition coefficient (Wildman–Crippen LogP) is 5.13. The van der Waals surface area contributed by atoms with E-state index in [-0.39, 0.29) is 5.56 Å². The molecule has 3 rings (SSSR count). The van der Waals surface area contributed by atoms with Gasteiger partial charge in [0, 0.05) is 5.56 Å². The second kappa shape index (κ2) is 7.97. The van der Waals surface area contributed by atoms with Crippen LogP contribution in [0.2, 0.25) is 0 Å². The molecule has 0 aliphatic rings. The molecule has 25 heavy (non-hydrogen) atoms. The Balaban J connectivity index is 1.73. The number of carboxylic acids is 1. The zero-order valence-corrected chi connectivity index (χ0v) is 13.6. The largest absolute Gasteiger partial charge is 0.488 e. The highest BCUT2D eigenvalue weighted by Crippen LogP contribution is 2.22. The molecule has 0 unspecified atom stereocenters. The minimum absolute atomic E-state index is 0.281. The number of rotatable bonds is 6. The van der Waals surface area contributed by atoms with Gasteiger partial charge in [-0.3, -0.25) is 0 Å². The van der Waals surface area contributed by atoms with E-state index in [0.717, 1.165) is 22.4 Å². The fraction of sp³-hybridized carbons (Fsp3) is 0.0455. The molecule has 3 nitrogen and oxygen atoms in total.